The molecule has 1 saturated heterocycles. The fraction of sp³-hybridized carbons (Fsp3) is 0.441. The van der Waals surface area contributed by atoms with Crippen LogP contribution in [0.1, 0.15) is 68.2 Å². The zero-order valence-corrected chi connectivity index (χ0v) is 24.6. The third-order valence-corrected chi connectivity index (χ3v) is 7.42. The number of urea groups is 1. The summed E-state index contributed by atoms with van der Waals surface area (Å²) in [5.41, 5.74) is 5.47. The number of rotatable bonds is 12. The maximum Gasteiger partial charge on any atom is 0.322 e. The predicted octanol–water partition coefficient (Wildman–Crippen LogP) is 7.27. The summed E-state index contributed by atoms with van der Waals surface area (Å²) in [7, 11) is 0. The van der Waals surface area contributed by atoms with E-state index in [1.54, 1.807) is 0 Å². The Morgan fingerprint density at radius 1 is 0.900 bits per heavy atom. The number of benzene rings is 3. The zero-order chi connectivity index (χ0) is 28.3. The van der Waals surface area contributed by atoms with E-state index in [1.165, 1.54) is 11.1 Å². The van der Waals surface area contributed by atoms with Crippen LogP contribution >= 0.6 is 0 Å². The van der Waals surface area contributed by atoms with Crippen LogP contribution in [0.25, 0.3) is 0 Å². The van der Waals surface area contributed by atoms with Gasteiger partial charge in [0.1, 0.15) is 12.4 Å². The SMILES string of the molecule is CC(C)c1cccc(C(C)C)c1NC(=O)N(CCCN1CCOCC1)Cc1cccc(OCc2ccccc2)c1. The molecule has 214 valence electrons. The monoisotopic (exact) mass is 543 g/mol. The van der Waals surface area contributed by atoms with Crippen molar-refractivity contribution in [1.29, 1.82) is 0 Å². The van der Waals surface area contributed by atoms with E-state index < -0.39 is 0 Å². The number of nitrogens with zero attached hydrogens (tertiary/aromatic N) is 2. The summed E-state index contributed by atoms with van der Waals surface area (Å²) in [4.78, 5) is 18.3. The molecule has 0 radical (unpaired) electrons. The quantitative estimate of drug-likeness (QED) is 0.261. The highest BCUT2D eigenvalue weighted by Gasteiger charge is 2.21. The van der Waals surface area contributed by atoms with E-state index in [4.69, 9.17) is 9.47 Å². The van der Waals surface area contributed by atoms with Crippen molar-refractivity contribution in [1.82, 2.24) is 9.80 Å². The molecule has 6 heteroatoms. The van der Waals surface area contributed by atoms with Gasteiger partial charge < -0.3 is 19.7 Å². The van der Waals surface area contributed by atoms with Gasteiger partial charge in [-0.2, -0.15) is 0 Å². The molecule has 3 aromatic rings. The van der Waals surface area contributed by atoms with Crippen molar-refractivity contribution in [3.63, 3.8) is 0 Å². The number of hydrogen-bond acceptors (Lipinski definition) is 4. The molecule has 1 aliphatic rings. The van der Waals surface area contributed by atoms with Gasteiger partial charge in [-0.25, -0.2) is 4.79 Å². The molecular weight excluding hydrogens is 498 g/mol. The Bertz CT molecular complexity index is 1180. The summed E-state index contributed by atoms with van der Waals surface area (Å²) < 4.78 is 11.6. The maximum absolute atomic E-state index is 13.9. The highest BCUT2D eigenvalue weighted by Crippen LogP contribution is 2.32. The van der Waals surface area contributed by atoms with Crippen molar-refractivity contribution in [3.8, 4) is 5.75 Å². The smallest absolute Gasteiger partial charge is 0.322 e. The summed E-state index contributed by atoms with van der Waals surface area (Å²) >= 11 is 0. The molecule has 0 atom stereocenters. The van der Waals surface area contributed by atoms with Gasteiger partial charge in [0.2, 0.25) is 0 Å². The van der Waals surface area contributed by atoms with Crippen LogP contribution in [0.5, 0.6) is 5.75 Å². The molecule has 0 aromatic heterocycles. The number of nitrogens with one attached hydrogen (secondary N) is 1. The molecule has 4 rings (SSSR count). The Kier molecular flexibility index (Phi) is 11.0. The maximum atomic E-state index is 13.9. The minimum Gasteiger partial charge on any atom is -0.489 e. The minimum absolute atomic E-state index is 0.0624. The van der Waals surface area contributed by atoms with E-state index in [0.29, 0.717) is 31.5 Å². The third-order valence-electron chi connectivity index (χ3n) is 7.42. The van der Waals surface area contributed by atoms with Crippen LogP contribution in [0.4, 0.5) is 10.5 Å². The normalized spacial score (nSPS) is 13.9. The molecule has 1 fully saturated rings. The molecule has 0 aliphatic carbocycles. The first-order valence-electron chi connectivity index (χ1n) is 14.6. The van der Waals surface area contributed by atoms with E-state index >= 15 is 0 Å². The van der Waals surface area contributed by atoms with Crippen molar-refractivity contribution in [2.75, 3.05) is 44.7 Å². The van der Waals surface area contributed by atoms with E-state index in [9.17, 15) is 4.79 Å². The topological polar surface area (TPSA) is 54.0 Å². The lowest BCUT2D eigenvalue weighted by Gasteiger charge is -2.29. The number of carbonyl (C=O) groups excluding carboxylic acids is 1. The second kappa shape index (κ2) is 14.9. The number of anilines is 1. The number of amides is 2. The fourth-order valence-electron chi connectivity index (χ4n) is 5.14. The molecule has 40 heavy (non-hydrogen) atoms. The van der Waals surface area contributed by atoms with Gasteiger partial charge >= 0.3 is 6.03 Å². The predicted molar refractivity (Wildman–Crippen MR) is 163 cm³/mol. The summed E-state index contributed by atoms with van der Waals surface area (Å²) in [6.45, 7) is 14.8. The van der Waals surface area contributed by atoms with Gasteiger partial charge in [-0.1, -0.05) is 88.4 Å². The van der Waals surface area contributed by atoms with Crippen molar-refractivity contribution in [2.45, 2.75) is 59.1 Å². The van der Waals surface area contributed by atoms with Gasteiger partial charge in [-0.15, -0.1) is 0 Å². The molecular formula is C34H45N3O3. The molecule has 1 N–H and O–H groups in total. The third kappa shape index (κ3) is 8.57. The fourth-order valence-corrected chi connectivity index (χ4v) is 5.14. The number of para-hydroxylation sites is 1. The summed E-state index contributed by atoms with van der Waals surface area (Å²) in [6.07, 6.45) is 0.903. The van der Waals surface area contributed by atoms with Crippen molar-refractivity contribution in [3.05, 3.63) is 95.1 Å². The molecule has 3 aromatic carbocycles. The molecule has 0 saturated carbocycles. The van der Waals surface area contributed by atoms with E-state index in [1.807, 2.05) is 41.3 Å². The van der Waals surface area contributed by atoms with Crippen LogP contribution in [0.15, 0.2) is 72.8 Å². The van der Waals surface area contributed by atoms with Crippen molar-refractivity contribution in [2.24, 2.45) is 0 Å². The number of hydrogen-bond donors (Lipinski definition) is 1. The van der Waals surface area contributed by atoms with Crippen LogP contribution in [-0.4, -0.2) is 55.2 Å². The van der Waals surface area contributed by atoms with E-state index in [-0.39, 0.29) is 6.03 Å². The molecule has 0 bridgehead atoms. The summed E-state index contributed by atoms with van der Waals surface area (Å²) in [5, 5.41) is 3.33. The van der Waals surface area contributed by atoms with Gasteiger partial charge in [-0.3, -0.25) is 4.90 Å². The Morgan fingerprint density at radius 2 is 1.55 bits per heavy atom. The number of ether oxygens (including phenoxy) is 2. The van der Waals surface area contributed by atoms with Gasteiger partial charge in [0.05, 0.1) is 13.2 Å². The van der Waals surface area contributed by atoms with E-state index in [0.717, 1.165) is 61.8 Å². The Balaban J connectivity index is 1.50. The zero-order valence-electron chi connectivity index (χ0n) is 24.6. The van der Waals surface area contributed by atoms with Crippen LogP contribution < -0.4 is 10.1 Å². The number of carbonyl (C=O) groups is 1. The second-order valence-electron chi connectivity index (χ2n) is 11.2. The van der Waals surface area contributed by atoms with Gasteiger partial charge in [-0.05, 0) is 52.6 Å². The van der Waals surface area contributed by atoms with Crippen molar-refractivity contribution < 1.29 is 14.3 Å². The Morgan fingerprint density at radius 3 is 2.23 bits per heavy atom. The first kappa shape index (κ1) is 29.6. The summed E-state index contributed by atoms with van der Waals surface area (Å²) in [6, 6.07) is 24.6. The Hall–Kier alpha value is -3.35. The standard InChI is InChI=1S/C34H45N3O3/c1-26(2)31-15-9-16-32(27(3)4)33(31)35-34(38)37(18-10-17-36-19-21-39-22-20-36)24-29-13-8-14-30(23-29)40-25-28-11-6-5-7-12-28/h5-9,11-16,23,26-27H,10,17-22,24-25H2,1-4H3,(H,35,38). The molecule has 6 nitrogen and oxygen atoms in total. The van der Waals surface area contributed by atoms with Gasteiger partial charge in [0.25, 0.3) is 0 Å². The summed E-state index contributed by atoms with van der Waals surface area (Å²) in [5.74, 6) is 1.42. The number of morpholine rings is 1. The second-order valence-corrected chi connectivity index (χ2v) is 11.2. The van der Waals surface area contributed by atoms with Crippen LogP contribution in [0, 0.1) is 0 Å². The lowest BCUT2D eigenvalue weighted by atomic mass is 9.93. The van der Waals surface area contributed by atoms with Gasteiger partial charge in [0.15, 0.2) is 0 Å². The lowest BCUT2D eigenvalue weighted by Crippen LogP contribution is -2.40. The first-order valence-corrected chi connectivity index (χ1v) is 14.6. The van der Waals surface area contributed by atoms with Crippen LogP contribution in [0.2, 0.25) is 0 Å². The minimum atomic E-state index is -0.0624. The van der Waals surface area contributed by atoms with E-state index in [2.05, 4.69) is 74.3 Å². The lowest BCUT2D eigenvalue weighted by molar-refractivity contribution is 0.0365. The first-order chi connectivity index (χ1) is 19.4. The highest BCUT2D eigenvalue weighted by atomic mass is 16.5. The van der Waals surface area contributed by atoms with Crippen molar-refractivity contribution >= 4 is 11.7 Å². The molecule has 1 aliphatic heterocycles. The van der Waals surface area contributed by atoms with Crippen LogP contribution in [-0.2, 0) is 17.9 Å². The highest BCUT2D eigenvalue weighted by molar-refractivity contribution is 5.91. The largest absolute Gasteiger partial charge is 0.489 e. The van der Waals surface area contributed by atoms with Gasteiger partial charge in [0, 0.05) is 38.4 Å². The molecule has 2 amide bonds. The Labute approximate surface area is 240 Å². The van der Waals surface area contributed by atoms with Crippen LogP contribution in [0.3, 0.4) is 0 Å². The average molecular weight is 544 g/mol. The molecule has 0 spiro atoms. The average Bonchev–Trinajstić information content (AvgIpc) is 2.96. The molecule has 0 unspecified atom stereocenters. The molecule has 1 heterocycles.